The zero-order chi connectivity index (χ0) is 21.9. The van der Waals surface area contributed by atoms with E-state index in [0.717, 1.165) is 52.4 Å². The second-order valence-electron chi connectivity index (χ2n) is 8.08. The van der Waals surface area contributed by atoms with Crippen LogP contribution in [0.2, 0.25) is 0 Å². The summed E-state index contributed by atoms with van der Waals surface area (Å²) in [7, 11) is 0. The average molecular weight is 491 g/mol. The molecule has 1 N–H and O–H groups in total. The van der Waals surface area contributed by atoms with Crippen LogP contribution in [-0.2, 0) is 11.3 Å². The third kappa shape index (κ3) is 4.59. The number of nitrogens with one attached hydrogen (secondary N) is 1. The highest BCUT2D eigenvalue weighted by Gasteiger charge is 2.26. The average Bonchev–Trinajstić information content (AvgIpc) is 3.29. The van der Waals surface area contributed by atoms with E-state index in [9.17, 15) is 4.79 Å². The topological polar surface area (TPSA) is 71.3 Å². The number of likely N-dealkylation sites (tertiary alicyclic amines) is 1. The molecule has 1 saturated heterocycles. The van der Waals surface area contributed by atoms with E-state index in [2.05, 4.69) is 48.4 Å². The zero-order valence-electron chi connectivity index (χ0n) is 17.5. The van der Waals surface area contributed by atoms with E-state index in [-0.39, 0.29) is 11.8 Å². The van der Waals surface area contributed by atoms with Gasteiger partial charge in [0.25, 0.3) is 0 Å². The molecule has 1 aliphatic heterocycles. The third-order valence-corrected chi connectivity index (χ3v) is 6.46. The molecule has 1 amide bonds. The summed E-state index contributed by atoms with van der Waals surface area (Å²) in [5.74, 6) is 1.29. The SMILES string of the molecule is O=C(Nc1cccc2ccccc12)C1CCN(Cc2nc(-c3ccc(Br)cc3)no2)CC1. The molecule has 7 heteroatoms. The zero-order valence-corrected chi connectivity index (χ0v) is 19.1. The summed E-state index contributed by atoms with van der Waals surface area (Å²) in [4.78, 5) is 19.7. The number of fused-ring (bicyclic) bond motifs is 1. The maximum atomic E-state index is 12.9. The van der Waals surface area contributed by atoms with Crippen LogP contribution in [0.3, 0.4) is 0 Å². The molecule has 1 aliphatic rings. The van der Waals surface area contributed by atoms with E-state index in [0.29, 0.717) is 18.3 Å². The normalized spacial score (nSPS) is 15.2. The minimum atomic E-state index is 0.00577. The third-order valence-electron chi connectivity index (χ3n) is 5.94. The molecule has 0 radical (unpaired) electrons. The number of hydrogen-bond donors (Lipinski definition) is 1. The minimum Gasteiger partial charge on any atom is -0.338 e. The Morgan fingerprint density at radius 2 is 1.78 bits per heavy atom. The molecule has 4 aromatic rings. The molecule has 32 heavy (non-hydrogen) atoms. The summed E-state index contributed by atoms with van der Waals surface area (Å²) in [6.07, 6.45) is 1.62. The van der Waals surface area contributed by atoms with Crippen LogP contribution in [0, 0.1) is 5.92 Å². The number of nitrogens with zero attached hydrogens (tertiary/aromatic N) is 3. The van der Waals surface area contributed by atoms with Gasteiger partial charge in [-0.2, -0.15) is 4.98 Å². The Morgan fingerprint density at radius 1 is 1.03 bits per heavy atom. The van der Waals surface area contributed by atoms with Crippen molar-refractivity contribution in [1.29, 1.82) is 0 Å². The van der Waals surface area contributed by atoms with Crippen molar-refractivity contribution in [2.75, 3.05) is 18.4 Å². The van der Waals surface area contributed by atoms with Gasteiger partial charge < -0.3 is 9.84 Å². The number of carbonyl (C=O) groups excluding carboxylic acids is 1. The number of anilines is 1. The molecular formula is C25H23BrN4O2. The fourth-order valence-corrected chi connectivity index (χ4v) is 4.41. The van der Waals surface area contributed by atoms with Crippen LogP contribution >= 0.6 is 15.9 Å². The maximum Gasteiger partial charge on any atom is 0.241 e. The lowest BCUT2D eigenvalue weighted by Gasteiger charge is -2.30. The molecule has 1 fully saturated rings. The van der Waals surface area contributed by atoms with Gasteiger partial charge in [0.1, 0.15) is 0 Å². The van der Waals surface area contributed by atoms with Crippen LogP contribution in [0.25, 0.3) is 22.2 Å². The van der Waals surface area contributed by atoms with Crippen molar-refractivity contribution in [2.24, 2.45) is 5.92 Å². The minimum absolute atomic E-state index is 0.00577. The number of amides is 1. The lowest BCUT2D eigenvalue weighted by Crippen LogP contribution is -2.37. The summed E-state index contributed by atoms with van der Waals surface area (Å²) >= 11 is 3.43. The van der Waals surface area contributed by atoms with Gasteiger partial charge in [0.15, 0.2) is 0 Å². The van der Waals surface area contributed by atoms with Gasteiger partial charge in [-0.3, -0.25) is 9.69 Å². The summed E-state index contributed by atoms with van der Waals surface area (Å²) in [5, 5.41) is 9.44. The first-order chi connectivity index (χ1) is 15.7. The molecule has 3 aromatic carbocycles. The van der Waals surface area contributed by atoms with Gasteiger partial charge in [0.2, 0.25) is 17.6 Å². The monoisotopic (exact) mass is 490 g/mol. The number of aromatic nitrogens is 2. The first-order valence-electron chi connectivity index (χ1n) is 10.8. The number of hydrogen-bond acceptors (Lipinski definition) is 5. The fraction of sp³-hybridized carbons (Fsp3) is 0.240. The highest BCUT2D eigenvalue weighted by Crippen LogP contribution is 2.26. The summed E-state index contributed by atoms with van der Waals surface area (Å²) < 4.78 is 6.46. The molecule has 0 atom stereocenters. The molecule has 1 aromatic heterocycles. The molecule has 0 spiro atoms. The summed E-state index contributed by atoms with van der Waals surface area (Å²) in [6, 6.07) is 21.9. The smallest absolute Gasteiger partial charge is 0.241 e. The quantitative estimate of drug-likeness (QED) is 0.399. The number of halogens is 1. The van der Waals surface area contributed by atoms with Crippen molar-refractivity contribution in [2.45, 2.75) is 19.4 Å². The molecular weight excluding hydrogens is 468 g/mol. The highest BCUT2D eigenvalue weighted by molar-refractivity contribution is 9.10. The van der Waals surface area contributed by atoms with Gasteiger partial charge in [0.05, 0.1) is 6.54 Å². The van der Waals surface area contributed by atoms with E-state index in [1.165, 1.54) is 0 Å². The maximum absolute atomic E-state index is 12.9. The van der Waals surface area contributed by atoms with Gasteiger partial charge in [-0.15, -0.1) is 0 Å². The van der Waals surface area contributed by atoms with Gasteiger partial charge in [0, 0.05) is 27.0 Å². The first kappa shape index (κ1) is 20.8. The van der Waals surface area contributed by atoms with Crippen LogP contribution < -0.4 is 5.32 Å². The van der Waals surface area contributed by atoms with Gasteiger partial charge in [-0.25, -0.2) is 0 Å². The Balaban J connectivity index is 1.17. The standard InChI is InChI=1S/C25H23BrN4O2/c26-20-10-8-18(9-11-20)24-28-23(32-29-24)16-30-14-12-19(13-15-30)25(31)27-22-7-3-5-17-4-1-2-6-21(17)22/h1-11,19H,12-16H2,(H,27,31). The van der Waals surface area contributed by atoms with Crippen LogP contribution in [0.5, 0.6) is 0 Å². The fourth-order valence-electron chi connectivity index (χ4n) is 4.15. The Labute approximate surface area is 194 Å². The number of piperidine rings is 1. The Morgan fingerprint density at radius 3 is 2.59 bits per heavy atom. The molecule has 2 heterocycles. The van der Waals surface area contributed by atoms with E-state index >= 15 is 0 Å². The molecule has 0 aliphatic carbocycles. The van der Waals surface area contributed by atoms with Crippen LogP contribution in [0.4, 0.5) is 5.69 Å². The lowest BCUT2D eigenvalue weighted by atomic mass is 9.95. The molecule has 5 rings (SSSR count). The molecule has 6 nitrogen and oxygen atoms in total. The Bertz CT molecular complexity index is 1220. The molecule has 162 valence electrons. The highest BCUT2D eigenvalue weighted by atomic mass is 79.9. The van der Waals surface area contributed by atoms with Crippen LogP contribution in [0.1, 0.15) is 18.7 Å². The second kappa shape index (κ2) is 9.22. The van der Waals surface area contributed by atoms with Gasteiger partial charge in [-0.05, 0) is 61.6 Å². The van der Waals surface area contributed by atoms with Gasteiger partial charge in [-0.1, -0.05) is 57.5 Å². The largest absolute Gasteiger partial charge is 0.338 e. The van der Waals surface area contributed by atoms with Crippen molar-refractivity contribution >= 4 is 38.3 Å². The molecule has 0 saturated carbocycles. The predicted molar refractivity (Wildman–Crippen MR) is 128 cm³/mol. The van der Waals surface area contributed by atoms with E-state index < -0.39 is 0 Å². The molecule has 0 bridgehead atoms. The second-order valence-corrected chi connectivity index (χ2v) is 9.00. The van der Waals surface area contributed by atoms with Crippen molar-refractivity contribution in [3.05, 3.63) is 77.1 Å². The van der Waals surface area contributed by atoms with Crippen LogP contribution in [0.15, 0.2) is 75.7 Å². The number of carbonyl (C=O) groups is 1. The number of rotatable bonds is 5. The summed E-state index contributed by atoms with van der Waals surface area (Å²) in [5.41, 5.74) is 1.80. The predicted octanol–water partition coefficient (Wildman–Crippen LogP) is 5.50. The van der Waals surface area contributed by atoms with Gasteiger partial charge >= 0.3 is 0 Å². The Hall–Kier alpha value is -3.03. The van der Waals surface area contributed by atoms with Crippen molar-refractivity contribution < 1.29 is 9.32 Å². The Kier molecular flexibility index (Phi) is 6.01. The number of benzene rings is 3. The first-order valence-corrected chi connectivity index (χ1v) is 11.5. The molecule has 0 unspecified atom stereocenters. The van der Waals surface area contributed by atoms with Crippen LogP contribution in [-0.4, -0.2) is 34.0 Å². The van der Waals surface area contributed by atoms with E-state index in [1.807, 2.05) is 54.6 Å². The van der Waals surface area contributed by atoms with Crippen molar-refractivity contribution in [3.8, 4) is 11.4 Å². The van der Waals surface area contributed by atoms with E-state index in [4.69, 9.17) is 4.52 Å². The van der Waals surface area contributed by atoms with Crippen molar-refractivity contribution in [1.82, 2.24) is 15.0 Å². The van der Waals surface area contributed by atoms with E-state index in [1.54, 1.807) is 0 Å². The van der Waals surface area contributed by atoms with Crippen molar-refractivity contribution in [3.63, 3.8) is 0 Å². The summed E-state index contributed by atoms with van der Waals surface area (Å²) in [6.45, 7) is 2.24. The lowest BCUT2D eigenvalue weighted by molar-refractivity contribution is -0.121.